The van der Waals surface area contributed by atoms with Crippen LogP contribution in [0.5, 0.6) is 0 Å². The molecule has 0 saturated heterocycles. The van der Waals surface area contributed by atoms with Gasteiger partial charge in [0.25, 0.3) is 0 Å². The van der Waals surface area contributed by atoms with E-state index in [1.807, 2.05) is 13.1 Å². The first kappa shape index (κ1) is 10.6. The van der Waals surface area contributed by atoms with Crippen LogP contribution in [0.3, 0.4) is 0 Å². The standard InChI is InChI=1S/C10H8BrFN2S/c1-6-5-14(10(15)13-6)7-2-3-8(11)9(12)4-7/h2-5H,1H3,(H,13,15). The Morgan fingerprint density at radius 3 is 2.73 bits per heavy atom. The second-order valence-corrected chi connectivity index (χ2v) is 4.45. The predicted molar refractivity (Wildman–Crippen MR) is 63.3 cm³/mol. The molecule has 1 aromatic carbocycles. The fourth-order valence-electron chi connectivity index (χ4n) is 1.34. The molecule has 5 heteroatoms. The van der Waals surface area contributed by atoms with Crippen molar-refractivity contribution in [3.8, 4) is 5.69 Å². The Hall–Kier alpha value is -0.940. The third-order valence-corrected chi connectivity index (χ3v) is 2.97. The van der Waals surface area contributed by atoms with E-state index in [0.29, 0.717) is 14.9 Å². The number of aromatic nitrogens is 2. The summed E-state index contributed by atoms with van der Waals surface area (Å²) < 4.78 is 16.0. The SMILES string of the molecule is Cc1cn(-c2ccc(Br)c(F)c2)c(=S)[nH]1. The second-order valence-electron chi connectivity index (χ2n) is 3.21. The zero-order chi connectivity index (χ0) is 11.0. The normalized spacial score (nSPS) is 10.6. The number of nitrogens with one attached hydrogen (secondary N) is 1. The number of halogens is 2. The van der Waals surface area contributed by atoms with Crippen LogP contribution in [0.15, 0.2) is 28.9 Å². The highest BCUT2D eigenvalue weighted by molar-refractivity contribution is 9.10. The Morgan fingerprint density at radius 1 is 1.47 bits per heavy atom. The lowest BCUT2D eigenvalue weighted by Crippen LogP contribution is -1.93. The first-order valence-electron chi connectivity index (χ1n) is 4.31. The summed E-state index contributed by atoms with van der Waals surface area (Å²) in [4.78, 5) is 2.98. The summed E-state index contributed by atoms with van der Waals surface area (Å²) in [5, 5.41) is 0. The van der Waals surface area contributed by atoms with Crippen LogP contribution in [0.25, 0.3) is 5.69 Å². The van der Waals surface area contributed by atoms with Crippen LogP contribution in [0, 0.1) is 17.5 Å². The molecule has 0 spiro atoms. The Bertz CT molecular complexity index is 559. The molecular weight excluding hydrogens is 279 g/mol. The van der Waals surface area contributed by atoms with Crippen molar-refractivity contribution in [2.24, 2.45) is 0 Å². The van der Waals surface area contributed by atoms with Gasteiger partial charge in [0.1, 0.15) is 5.82 Å². The maximum absolute atomic E-state index is 13.3. The lowest BCUT2D eigenvalue weighted by Gasteiger charge is -2.02. The number of benzene rings is 1. The quantitative estimate of drug-likeness (QED) is 0.792. The summed E-state index contributed by atoms with van der Waals surface area (Å²) in [7, 11) is 0. The predicted octanol–water partition coefficient (Wildman–Crippen LogP) is 3.74. The lowest BCUT2D eigenvalue weighted by atomic mass is 10.3. The van der Waals surface area contributed by atoms with Crippen LogP contribution < -0.4 is 0 Å². The van der Waals surface area contributed by atoms with Gasteiger partial charge in [0.2, 0.25) is 0 Å². The number of aromatic amines is 1. The van der Waals surface area contributed by atoms with Gasteiger partial charge in [-0.15, -0.1) is 0 Å². The van der Waals surface area contributed by atoms with Crippen LogP contribution in [0.4, 0.5) is 4.39 Å². The highest BCUT2D eigenvalue weighted by Gasteiger charge is 2.03. The second kappa shape index (κ2) is 3.90. The molecule has 0 radical (unpaired) electrons. The summed E-state index contributed by atoms with van der Waals surface area (Å²) in [5.74, 6) is -0.298. The Labute approximate surface area is 99.9 Å². The molecule has 0 aliphatic carbocycles. The number of hydrogen-bond donors (Lipinski definition) is 1. The van der Waals surface area contributed by atoms with Crippen molar-refractivity contribution in [3.05, 3.63) is 45.2 Å². The van der Waals surface area contributed by atoms with Crippen LogP contribution >= 0.6 is 28.1 Å². The van der Waals surface area contributed by atoms with Crippen molar-refractivity contribution >= 4 is 28.1 Å². The van der Waals surface area contributed by atoms with E-state index in [1.165, 1.54) is 6.07 Å². The van der Waals surface area contributed by atoms with E-state index in [-0.39, 0.29) is 5.82 Å². The third kappa shape index (κ3) is 2.03. The smallest absolute Gasteiger partial charge is 0.181 e. The minimum Gasteiger partial charge on any atom is -0.335 e. The third-order valence-electron chi connectivity index (χ3n) is 2.03. The van der Waals surface area contributed by atoms with E-state index in [4.69, 9.17) is 12.2 Å². The van der Waals surface area contributed by atoms with Crippen molar-refractivity contribution in [2.45, 2.75) is 6.92 Å². The minimum atomic E-state index is -0.298. The number of imidazole rings is 1. The Balaban J connectivity index is 2.59. The number of rotatable bonds is 1. The van der Waals surface area contributed by atoms with Gasteiger partial charge in [-0.05, 0) is 53.3 Å². The van der Waals surface area contributed by atoms with Crippen molar-refractivity contribution in [2.75, 3.05) is 0 Å². The van der Waals surface area contributed by atoms with Crippen LogP contribution in [-0.4, -0.2) is 9.55 Å². The van der Waals surface area contributed by atoms with Crippen molar-refractivity contribution in [1.82, 2.24) is 9.55 Å². The molecule has 2 aromatic rings. The first-order valence-corrected chi connectivity index (χ1v) is 5.52. The summed E-state index contributed by atoms with van der Waals surface area (Å²) >= 11 is 8.21. The molecule has 2 rings (SSSR count). The van der Waals surface area contributed by atoms with Gasteiger partial charge < -0.3 is 4.98 Å². The number of aryl methyl sites for hydroxylation is 1. The van der Waals surface area contributed by atoms with Crippen LogP contribution in [0.2, 0.25) is 0 Å². The summed E-state index contributed by atoms with van der Waals surface area (Å²) in [6.07, 6.45) is 1.84. The van der Waals surface area contributed by atoms with Crippen molar-refractivity contribution < 1.29 is 4.39 Å². The highest BCUT2D eigenvalue weighted by atomic mass is 79.9. The molecule has 15 heavy (non-hydrogen) atoms. The van der Waals surface area contributed by atoms with Gasteiger partial charge in [0.05, 0.1) is 10.2 Å². The summed E-state index contributed by atoms with van der Waals surface area (Å²) in [6, 6.07) is 4.90. The van der Waals surface area contributed by atoms with Crippen molar-refractivity contribution in [3.63, 3.8) is 0 Å². The Morgan fingerprint density at radius 2 is 2.20 bits per heavy atom. The van der Waals surface area contributed by atoms with Gasteiger partial charge in [-0.2, -0.15) is 0 Å². The molecular formula is C10H8BrFN2S. The average Bonchev–Trinajstić information content (AvgIpc) is 2.50. The maximum Gasteiger partial charge on any atom is 0.181 e. The van der Waals surface area contributed by atoms with E-state index in [1.54, 1.807) is 16.7 Å². The van der Waals surface area contributed by atoms with Gasteiger partial charge in [0.15, 0.2) is 4.77 Å². The molecule has 1 heterocycles. The van der Waals surface area contributed by atoms with Crippen LogP contribution in [-0.2, 0) is 0 Å². The minimum absolute atomic E-state index is 0.298. The van der Waals surface area contributed by atoms with Gasteiger partial charge in [-0.1, -0.05) is 0 Å². The van der Waals surface area contributed by atoms with E-state index >= 15 is 0 Å². The number of nitrogens with zero attached hydrogens (tertiary/aromatic N) is 1. The highest BCUT2D eigenvalue weighted by Crippen LogP contribution is 2.19. The molecule has 0 bridgehead atoms. The topological polar surface area (TPSA) is 20.7 Å². The zero-order valence-electron chi connectivity index (χ0n) is 7.92. The molecule has 1 aromatic heterocycles. The Kier molecular flexibility index (Phi) is 2.75. The molecule has 0 fully saturated rings. The number of hydrogen-bond acceptors (Lipinski definition) is 1. The fraction of sp³-hybridized carbons (Fsp3) is 0.100. The maximum atomic E-state index is 13.3. The molecule has 0 amide bonds. The molecule has 0 aliphatic rings. The lowest BCUT2D eigenvalue weighted by molar-refractivity contribution is 0.620. The van der Waals surface area contributed by atoms with Gasteiger partial charge >= 0.3 is 0 Å². The molecule has 0 saturated carbocycles. The monoisotopic (exact) mass is 286 g/mol. The molecule has 78 valence electrons. The summed E-state index contributed by atoms with van der Waals surface area (Å²) in [6.45, 7) is 1.90. The van der Waals surface area contributed by atoms with E-state index < -0.39 is 0 Å². The summed E-state index contributed by atoms with van der Waals surface area (Å²) in [5.41, 5.74) is 1.66. The van der Waals surface area contributed by atoms with Crippen molar-refractivity contribution in [1.29, 1.82) is 0 Å². The molecule has 2 nitrogen and oxygen atoms in total. The molecule has 0 atom stereocenters. The molecule has 0 aliphatic heterocycles. The van der Waals surface area contributed by atoms with E-state index in [0.717, 1.165) is 5.69 Å². The van der Waals surface area contributed by atoms with E-state index in [9.17, 15) is 4.39 Å². The van der Waals surface area contributed by atoms with Gasteiger partial charge in [0, 0.05) is 11.9 Å². The first-order chi connectivity index (χ1) is 7.08. The molecule has 1 N–H and O–H groups in total. The van der Waals surface area contributed by atoms with E-state index in [2.05, 4.69) is 20.9 Å². The van der Waals surface area contributed by atoms with Gasteiger partial charge in [-0.25, -0.2) is 4.39 Å². The average molecular weight is 287 g/mol. The fourth-order valence-corrected chi connectivity index (χ4v) is 1.91. The number of H-pyrrole nitrogens is 1. The van der Waals surface area contributed by atoms with Crippen LogP contribution in [0.1, 0.15) is 5.69 Å². The zero-order valence-corrected chi connectivity index (χ0v) is 10.3. The largest absolute Gasteiger partial charge is 0.335 e. The van der Waals surface area contributed by atoms with Gasteiger partial charge in [-0.3, -0.25) is 4.57 Å². The molecule has 0 unspecified atom stereocenters.